The summed E-state index contributed by atoms with van der Waals surface area (Å²) in [5.41, 5.74) is 3.93. The number of para-hydroxylation sites is 1. The van der Waals surface area contributed by atoms with Crippen molar-refractivity contribution in [3.05, 3.63) is 83.4 Å². The fourth-order valence-electron chi connectivity index (χ4n) is 3.20. The lowest BCUT2D eigenvalue weighted by atomic mass is 10.0. The normalized spacial score (nSPS) is 16.3. The predicted octanol–water partition coefficient (Wildman–Crippen LogP) is 3.82. The zero-order valence-electron chi connectivity index (χ0n) is 12.8. The van der Waals surface area contributed by atoms with E-state index in [1.54, 1.807) is 19.2 Å². The maximum atomic E-state index is 14.4. The number of fused-ring (bicyclic) bond motifs is 3. The molecule has 4 heteroatoms. The molecule has 0 saturated heterocycles. The summed E-state index contributed by atoms with van der Waals surface area (Å²) >= 11 is 0. The number of methoxy groups -OCH3 is 1. The van der Waals surface area contributed by atoms with Gasteiger partial charge in [0, 0.05) is 29.7 Å². The van der Waals surface area contributed by atoms with Gasteiger partial charge in [0.1, 0.15) is 11.6 Å². The van der Waals surface area contributed by atoms with E-state index >= 15 is 0 Å². The van der Waals surface area contributed by atoms with Crippen molar-refractivity contribution in [1.29, 1.82) is 0 Å². The summed E-state index contributed by atoms with van der Waals surface area (Å²) in [6, 6.07) is 16.9. The molecule has 0 spiro atoms. The number of rotatable bonds is 2. The molecule has 0 fully saturated rings. The van der Waals surface area contributed by atoms with E-state index in [1.165, 1.54) is 11.6 Å². The van der Waals surface area contributed by atoms with Gasteiger partial charge in [0.05, 0.1) is 13.2 Å². The first-order valence-electron chi connectivity index (χ1n) is 7.60. The van der Waals surface area contributed by atoms with E-state index in [9.17, 15) is 4.39 Å². The Kier molecular flexibility index (Phi) is 3.39. The van der Waals surface area contributed by atoms with Crippen molar-refractivity contribution >= 4 is 0 Å². The van der Waals surface area contributed by atoms with Gasteiger partial charge in [-0.15, -0.1) is 0 Å². The average molecular weight is 308 g/mol. The molecule has 116 valence electrons. The van der Waals surface area contributed by atoms with Crippen LogP contribution in [0.4, 0.5) is 4.39 Å². The Morgan fingerprint density at radius 3 is 2.87 bits per heavy atom. The minimum absolute atomic E-state index is 0.229. The van der Waals surface area contributed by atoms with Gasteiger partial charge in [-0.2, -0.15) is 0 Å². The van der Waals surface area contributed by atoms with Crippen molar-refractivity contribution in [2.75, 3.05) is 7.11 Å². The maximum absolute atomic E-state index is 14.4. The quantitative estimate of drug-likeness (QED) is 0.779. The molecule has 0 aliphatic carbocycles. The smallest absolute Gasteiger partial charge is 0.128 e. The molecular weight excluding hydrogens is 291 g/mol. The van der Waals surface area contributed by atoms with E-state index in [0.29, 0.717) is 17.9 Å². The molecule has 0 bridgehead atoms. The second-order valence-electron chi connectivity index (χ2n) is 5.63. The van der Waals surface area contributed by atoms with E-state index < -0.39 is 0 Å². The number of aromatic nitrogens is 1. The first-order chi connectivity index (χ1) is 11.3. The number of nitrogens with one attached hydrogen (secondary N) is 1. The van der Waals surface area contributed by atoms with Crippen LogP contribution in [0.5, 0.6) is 5.75 Å². The minimum Gasteiger partial charge on any atom is -0.497 e. The van der Waals surface area contributed by atoms with Gasteiger partial charge in [-0.05, 0) is 42.0 Å². The monoisotopic (exact) mass is 308 g/mol. The van der Waals surface area contributed by atoms with Crippen LogP contribution in [0, 0.1) is 5.82 Å². The van der Waals surface area contributed by atoms with Gasteiger partial charge in [0.25, 0.3) is 0 Å². The van der Waals surface area contributed by atoms with Gasteiger partial charge < -0.3 is 14.6 Å². The summed E-state index contributed by atoms with van der Waals surface area (Å²) in [4.78, 5) is 0. The van der Waals surface area contributed by atoms with Gasteiger partial charge in [0.2, 0.25) is 0 Å². The summed E-state index contributed by atoms with van der Waals surface area (Å²) in [5, 5.41) is 3.47. The maximum Gasteiger partial charge on any atom is 0.128 e. The van der Waals surface area contributed by atoms with Crippen molar-refractivity contribution in [2.45, 2.75) is 12.6 Å². The molecule has 1 N–H and O–H groups in total. The first kappa shape index (κ1) is 14.0. The van der Waals surface area contributed by atoms with Crippen molar-refractivity contribution in [3.63, 3.8) is 0 Å². The van der Waals surface area contributed by atoms with Crippen LogP contribution in [0.3, 0.4) is 0 Å². The SMILES string of the molecule is COc1ccc(F)c([C@H]2NCc3ccccc3-n3cccc32)c1. The zero-order valence-corrected chi connectivity index (χ0v) is 12.8. The topological polar surface area (TPSA) is 26.2 Å². The molecule has 1 atom stereocenters. The standard InChI is InChI=1S/C19H17FN2O/c1-23-14-8-9-16(20)15(11-14)19-18-7-4-10-22(18)17-6-3-2-5-13(17)12-21-19/h2-11,19,21H,12H2,1H3/t19-/m1/s1. The summed E-state index contributed by atoms with van der Waals surface area (Å²) in [6.07, 6.45) is 2.02. The van der Waals surface area contributed by atoms with Gasteiger partial charge >= 0.3 is 0 Å². The van der Waals surface area contributed by atoms with Crippen LogP contribution < -0.4 is 10.1 Å². The minimum atomic E-state index is -0.234. The largest absolute Gasteiger partial charge is 0.497 e. The van der Waals surface area contributed by atoms with Crippen LogP contribution in [0.25, 0.3) is 5.69 Å². The molecule has 0 unspecified atom stereocenters. The number of nitrogens with zero attached hydrogens (tertiary/aromatic N) is 1. The molecule has 0 amide bonds. The third-order valence-corrected chi connectivity index (χ3v) is 4.34. The van der Waals surface area contributed by atoms with Crippen molar-refractivity contribution in [2.24, 2.45) is 0 Å². The lowest BCUT2D eigenvalue weighted by molar-refractivity contribution is 0.411. The summed E-state index contributed by atoms with van der Waals surface area (Å²) in [5.74, 6) is 0.421. The summed E-state index contributed by atoms with van der Waals surface area (Å²) in [7, 11) is 1.59. The molecule has 2 aromatic carbocycles. The van der Waals surface area contributed by atoms with E-state index in [1.807, 2.05) is 30.5 Å². The molecule has 3 aromatic rings. The van der Waals surface area contributed by atoms with Crippen LogP contribution in [-0.4, -0.2) is 11.7 Å². The Bertz CT molecular complexity index is 856. The number of ether oxygens (including phenoxy) is 1. The Balaban J connectivity index is 1.87. The van der Waals surface area contributed by atoms with E-state index in [2.05, 4.69) is 22.0 Å². The molecule has 3 nitrogen and oxygen atoms in total. The van der Waals surface area contributed by atoms with Crippen LogP contribution in [-0.2, 0) is 6.54 Å². The molecule has 0 saturated carbocycles. The highest BCUT2D eigenvalue weighted by molar-refractivity contribution is 5.47. The molecular formula is C19H17FN2O. The van der Waals surface area contributed by atoms with Crippen LogP contribution >= 0.6 is 0 Å². The predicted molar refractivity (Wildman–Crippen MR) is 87.4 cm³/mol. The Hall–Kier alpha value is -2.59. The Morgan fingerprint density at radius 1 is 1.13 bits per heavy atom. The molecule has 4 rings (SSSR count). The van der Waals surface area contributed by atoms with Gasteiger partial charge in [-0.25, -0.2) is 4.39 Å². The van der Waals surface area contributed by atoms with Crippen molar-refractivity contribution < 1.29 is 9.13 Å². The molecule has 23 heavy (non-hydrogen) atoms. The second-order valence-corrected chi connectivity index (χ2v) is 5.63. The Labute approximate surface area is 134 Å². The highest BCUT2D eigenvalue weighted by Gasteiger charge is 2.25. The average Bonchev–Trinajstić information content (AvgIpc) is 3.00. The van der Waals surface area contributed by atoms with E-state index in [-0.39, 0.29) is 11.9 Å². The molecule has 1 aliphatic heterocycles. The summed E-state index contributed by atoms with van der Waals surface area (Å²) < 4.78 is 21.8. The number of hydrogen-bond donors (Lipinski definition) is 1. The highest BCUT2D eigenvalue weighted by Crippen LogP contribution is 2.33. The lowest BCUT2D eigenvalue weighted by Crippen LogP contribution is -2.22. The molecule has 1 aliphatic rings. The zero-order chi connectivity index (χ0) is 15.8. The third-order valence-electron chi connectivity index (χ3n) is 4.34. The summed E-state index contributed by atoms with van der Waals surface area (Å²) in [6.45, 7) is 0.680. The second kappa shape index (κ2) is 5.56. The third kappa shape index (κ3) is 2.32. The van der Waals surface area contributed by atoms with Crippen LogP contribution in [0.1, 0.15) is 22.9 Å². The van der Waals surface area contributed by atoms with Gasteiger partial charge in [-0.1, -0.05) is 18.2 Å². The van der Waals surface area contributed by atoms with E-state index in [0.717, 1.165) is 11.4 Å². The van der Waals surface area contributed by atoms with Crippen molar-refractivity contribution in [1.82, 2.24) is 9.88 Å². The lowest BCUT2D eigenvalue weighted by Gasteiger charge is -2.19. The molecule has 1 aromatic heterocycles. The fourth-order valence-corrected chi connectivity index (χ4v) is 3.20. The number of benzene rings is 2. The molecule has 2 heterocycles. The van der Waals surface area contributed by atoms with Gasteiger partial charge in [0.15, 0.2) is 0 Å². The fraction of sp³-hybridized carbons (Fsp3) is 0.158. The van der Waals surface area contributed by atoms with Gasteiger partial charge in [-0.3, -0.25) is 0 Å². The number of hydrogen-bond acceptors (Lipinski definition) is 2. The highest BCUT2D eigenvalue weighted by atomic mass is 19.1. The van der Waals surface area contributed by atoms with E-state index in [4.69, 9.17) is 4.74 Å². The van der Waals surface area contributed by atoms with Crippen molar-refractivity contribution in [3.8, 4) is 11.4 Å². The first-order valence-corrected chi connectivity index (χ1v) is 7.60. The van der Waals surface area contributed by atoms with Crippen LogP contribution in [0.15, 0.2) is 60.8 Å². The Morgan fingerprint density at radius 2 is 2.00 bits per heavy atom. The number of halogens is 1. The van der Waals surface area contributed by atoms with Crippen LogP contribution in [0.2, 0.25) is 0 Å². The molecule has 0 radical (unpaired) electrons.